The number of benzene rings is 1. The molecule has 0 fully saturated rings. The highest BCUT2D eigenvalue weighted by atomic mass is 16.5. The van der Waals surface area contributed by atoms with Crippen LogP contribution < -0.4 is 10.5 Å². The van der Waals surface area contributed by atoms with Crippen LogP contribution in [0.5, 0.6) is 5.75 Å². The zero-order chi connectivity index (χ0) is 11.4. The number of aromatic amines is 1. The van der Waals surface area contributed by atoms with Crippen LogP contribution in [0, 0.1) is 0 Å². The van der Waals surface area contributed by atoms with Gasteiger partial charge in [-0.1, -0.05) is 12.1 Å². The highest BCUT2D eigenvalue weighted by molar-refractivity contribution is 5.86. The van der Waals surface area contributed by atoms with Crippen molar-refractivity contribution in [2.75, 3.05) is 13.7 Å². The van der Waals surface area contributed by atoms with Crippen LogP contribution in [0.25, 0.3) is 10.9 Å². The van der Waals surface area contributed by atoms with Crippen LogP contribution in [0.15, 0.2) is 24.4 Å². The van der Waals surface area contributed by atoms with Gasteiger partial charge in [0.1, 0.15) is 5.75 Å². The Kier molecular flexibility index (Phi) is 3.47. The molecule has 0 spiro atoms. The maximum Gasteiger partial charge on any atom is 0.146 e. The lowest BCUT2D eigenvalue weighted by Gasteiger charge is -2.09. The van der Waals surface area contributed by atoms with Crippen molar-refractivity contribution in [1.82, 2.24) is 4.98 Å². The fourth-order valence-corrected chi connectivity index (χ4v) is 2.03. The molecule has 0 radical (unpaired) electrons. The topological polar surface area (TPSA) is 51.0 Å². The average molecular weight is 218 g/mol. The van der Waals surface area contributed by atoms with E-state index in [1.807, 2.05) is 6.20 Å². The van der Waals surface area contributed by atoms with Gasteiger partial charge in [0.05, 0.1) is 12.6 Å². The molecule has 0 aliphatic carbocycles. The van der Waals surface area contributed by atoms with Crippen molar-refractivity contribution in [3.8, 4) is 5.75 Å². The summed E-state index contributed by atoms with van der Waals surface area (Å²) in [6.45, 7) is 0.757. The van der Waals surface area contributed by atoms with Gasteiger partial charge in [-0.3, -0.25) is 0 Å². The predicted octanol–water partition coefficient (Wildman–Crippen LogP) is 2.46. The Morgan fingerprint density at radius 3 is 2.88 bits per heavy atom. The molecule has 0 aliphatic heterocycles. The van der Waals surface area contributed by atoms with Gasteiger partial charge >= 0.3 is 0 Å². The number of hydrogen-bond acceptors (Lipinski definition) is 2. The number of rotatable bonds is 5. The van der Waals surface area contributed by atoms with E-state index < -0.39 is 0 Å². The van der Waals surface area contributed by atoms with Crippen molar-refractivity contribution in [1.29, 1.82) is 0 Å². The summed E-state index contributed by atoms with van der Waals surface area (Å²) in [6.07, 6.45) is 5.14. The molecule has 0 saturated heterocycles. The third-order valence-electron chi connectivity index (χ3n) is 2.87. The molecule has 0 bridgehead atoms. The number of methoxy groups -OCH3 is 1. The number of hydrogen-bond donors (Lipinski definition) is 2. The van der Waals surface area contributed by atoms with Crippen LogP contribution >= 0.6 is 0 Å². The van der Waals surface area contributed by atoms with Crippen molar-refractivity contribution in [2.45, 2.75) is 19.3 Å². The van der Waals surface area contributed by atoms with Crippen LogP contribution in [0.4, 0.5) is 0 Å². The van der Waals surface area contributed by atoms with Crippen LogP contribution in [-0.4, -0.2) is 18.6 Å². The molecule has 0 saturated carbocycles. The van der Waals surface area contributed by atoms with Gasteiger partial charge in [0.15, 0.2) is 0 Å². The minimum Gasteiger partial charge on any atom is -0.494 e. The van der Waals surface area contributed by atoms with E-state index >= 15 is 0 Å². The van der Waals surface area contributed by atoms with E-state index in [1.54, 1.807) is 7.11 Å². The molecule has 0 atom stereocenters. The van der Waals surface area contributed by atoms with Gasteiger partial charge in [-0.05, 0) is 37.4 Å². The summed E-state index contributed by atoms with van der Waals surface area (Å²) in [7, 11) is 1.72. The largest absolute Gasteiger partial charge is 0.494 e. The molecule has 3 heteroatoms. The van der Waals surface area contributed by atoms with Crippen molar-refractivity contribution in [3.63, 3.8) is 0 Å². The first-order chi connectivity index (χ1) is 7.86. The second-order valence-electron chi connectivity index (χ2n) is 3.95. The molecule has 0 aliphatic rings. The van der Waals surface area contributed by atoms with Gasteiger partial charge in [0.25, 0.3) is 0 Å². The second kappa shape index (κ2) is 5.03. The Morgan fingerprint density at radius 2 is 2.12 bits per heavy atom. The Balaban J connectivity index is 2.29. The molecule has 0 unspecified atom stereocenters. The van der Waals surface area contributed by atoms with E-state index in [2.05, 4.69) is 23.2 Å². The third kappa shape index (κ3) is 2.04. The molecule has 1 heterocycles. The lowest BCUT2D eigenvalue weighted by molar-refractivity contribution is 0.413. The Morgan fingerprint density at radius 1 is 1.25 bits per heavy atom. The number of fused-ring (bicyclic) bond motifs is 1. The molecule has 86 valence electrons. The lowest BCUT2D eigenvalue weighted by Crippen LogP contribution is -2.00. The number of nitrogens with one attached hydrogen (secondary N) is 1. The number of aromatic nitrogens is 1. The van der Waals surface area contributed by atoms with Gasteiger partial charge in [0, 0.05) is 11.6 Å². The van der Waals surface area contributed by atoms with Gasteiger partial charge < -0.3 is 15.5 Å². The summed E-state index contributed by atoms with van der Waals surface area (Å²) in [4.78, 5) is 3.22. The number of unbranched alkanes of at least 4 members (excludes halogenated alkanes) is 1. The van der Waals surface area contributed by atoms with E-state index in [-0.39, 0.29) is 0 Å². The highest BCUT2D eigenvalue weighted by Crippen LogP contribution is 2.29. The van der Waals surface area contributed by atoms with E-state index in [0.717, 1.165) is 37.1 Å². The van der Waals surface area contributed by atoms with E-state index in [9.17, 15) is 0 Å². The third-order valence-corrected chi connectivity index (χ3v) is 2.87. The fraction of sp³-hybridized carbons (Fsp3) is 0.385. The fourth-order valence-electron chi connectivity index (χ4n) is 2.03. The maximum atomic E-state index is 5.50. The number of aryl methyl sites for hydroxylation is 1. The summed E-state index contributed by atoms with van der Waals surface area (Å²) in [5, 5.41) is 1.19. The molecule has 3 N–H and O–H groups in total. The summed E-state index contributed by atoms with van der Waals surface area (Å²) in [5.74, 6) is 0.972. The SMILES string of the molecule is COc1c(CCCCN)ccc2cc[nH]c12. The predicted molar refractivity (Wildman–Crippen MR) is 66.8 cm³/mol. The van der Waals surface area contributed by atoms with Crippen LogP contribution in [0.3, 0.4) is 0 Å². The molecule has 2 aromatic rings. The van der Waals surface area contributed by atoms with E-state index in [4.69, 9.17) is 10.5 Å². The molecule has 2 rings (SSSR count). The van der Waals surface area contributed by atoms with E-state index in [0.29, 0.717) is 0 Å². The molecule has 16 heavy (non-hydrogen) atoms. The monoisotopic (exact) mass is 218 g/mol. The smallest absolute Gasteiger partial charge is 0.146 e. The summed E-state index contributed by atoms with van der Waals surface area (Å²) < 4.78 is 5.49. The molecule has 3 nitrogen and oxygen atoms in total. The number of nitrogens with two attached hydrogens (primary N) is 1. The van der Waals surface area contributed by atoms with Gasteiger partial charge in [-0.15, -0.1) is 0 Å². The lowest BCUT2D eigenvalue weighted by atomic mass is 10.1. The average Bonchev–Trinajstić information content (AvgIpc) is 2.77. The molecule has 1 aromatic heterocycles. The normalized spacial score (nSPS) is 10.9. The number of H-pyrrole nitrogens is 1. The van der Waals surface area contributed by atoms with Crippen LogP contribution in [0.2, 0.25) is 0 Å². The molecule has 0 amide bonds. The Bertz CT molecular complexity index is 462. The first kappa shape index (κ1) is 11.0. The highest BCUT2D eigenvalue weighted by Gasteiger charge is 2.08. The Hall–Kier alpha value is -1.48. The minimum absolute atomic E-state index is 0.757. The quantitative estimate of drug-likeness (QED) is 0.757. The molecular weight excluding hydrogens is 200 g/mol. The van der Waals surface area contributed by atoms with Crippen molar-refractivity contribution in [3.05, 3.63) is 30.0 Å². The van der Waals surface area contributed by atoms with Gasteiger partial charge in [-0.25, -0.2) is 0 Å². The number of ether oxygens (including phenoxy) is 1. The van der Waals surface area contributed by atoms with Crippen LogP contribution in [0.1, 0.15) is 18.4 Å². The first-order valence-electron chi connectivity index (χ1n) is 5.70. The molecular formula is C13H18N2O. The van der Waals surface area contributed by atoms with E-state index in [1.165, 1.54) is 10.9 Å². The minimum atomic E-state index is 0.757. The zero-order valence-corrected chi connectivity index (χ0v) is 9.62. The van der Waals surface area contributed by atoms with Gasteiger partial charge in [0.2, 0.25) is 0 Å². The zero-order valence-electron chi connectivity index (χ0n) is 9.62. The summed E-state index contributed by atoms with van der Waals surface area (Å²) in [5.41, 5.74) is 7.85. The summed E-state index contributed by atoms with van der Waals surface area (Å²) >= 11 is 0. The van der Waals surface area contributed by atoms with Crippen molar-refractivity contribution >= 4 is 10.9 Å². The standard InChI is InChI=1S/C13H18N2O/c1-16-13-11(4-2-3-8-14)6-5-10-7-9-15-12(10)13/h5-7,9,15H,2-4,8,14H2,1H3. The second-order valence-corrected chi connectivity index (χ2v) is 3.95. The van der Waals surface area contributed by atoms with Crippen LogP contribution in [-0.2, 0) is 6.42 Å². The van der Waals surface area contributed by atoms with Crippen molar-refractivity contribution in [2.24, 2.45) is 5.73 Å². The summed E-state index contributed by atoms with van der Waals surface area (Å²) in [6, 6.07) is 6.33. The molecule has 1 aromatic carbocycles. The Labute approximate surface area is 95.6 Å². The van der Waals surface area contributed by atoms with Gasteiger partial charge in [-0.2, -0.15) is 0 Å². The maximum absolute atomic E-state index is 5.50. The van der Waals surface area contributed by atoms with Crippen molar-refractivity contribution < 1.29 is 4.74 Å². The first-order valence-corrected chi connectivity index (χ1v) is 5.70.